The van der Waals surface area contributed by atoms with E-state index in [4.69, 9.17) is 14.2 Å². The Kier molecular flexibility index (Phi) is 8.69. The third-order valence-corrected chi connectivity index (χ3v) is 6.42. The van der Waals surface area contributed by atoms with Crippen LogP contribution in [0.1, 0.15) is 42.1 Å². The molecule has 1 saturated heterocycles. The molecule has 1 N–H and O–H groups in total. The summed E-state index contributed by atoms with van der Waals surface area (Å²) in [6.07, 6.45) is 1.74. The second-order valence-electron chi connectivity index (χ2n) is 7.89. The highest BCUT2D eigenvalue weighted by Crippen LogP contribution is 2.30. The van der Waals surface area contributed by atoms with E-state index < -0.39 is 0 Å². The highest BCUT2D eigenvalue weighted by molar-refractivity contribution is 7.09. The van der Waals surface area contributed by atoms with Gasteiger partial charge in [-0.05, 0) is 57.5 Å². The molecule has 7 nitrogen and oxygen atoms in total. The summed E-state index contributed by atoms with van der Waals surface area (Å²) in [6, 6.07) is 5.66. The number of nitrogens with zero attached hydrogens (tertiary/aromatic N) is 2. The lowest BCUT2D eigenvalue weighted by Gasteiger charge is -2.31. The highest BCUT2D eigenvalue weighted by Gasteiger charge is 2.26. The second kappa shape index (κ2) is 11.5. The largest absolute Gasteiger partial charge is 0.493 e. The van der Waals surface area contributed by atoms with Crippen LogP contribution in [0, 0.1) is 12.8 Å². The maximum atomic E-state index is 12.8. The van der Waals surface area contributed by atoms with Gasteiger partial charge in [-0.3, -0.25) is 9.69 Å². The summed E-state index contributed by atoms with van der Waals surface area (Å²) in [6.45, 7) is 7.71. The summed E-state index contributed by atoms with van der Waals surface area (Å²) in [5, 5.41) is 6.40. The van der Waals surface area contributed by atoms with E-state index in [0.29, 0.717) is 24.7 Å². The number of hydrogen-bond donors (Lipinski definition) is 1. The molecule has 1 fully saturated rings. The normalized spacial score (nSPS) is 16.1. The molecule has 1 aliphatic heterocycles. The minimum atomic E-state index is -0.106. The molecular formula is C23H33N3O4S. The van der Waals surface area contributed by atoms with E-state index in [0.717, 1.165) is 48.7 Å². The maximum Gasteiger partial charge on any atom is 0.223 e. The Morgan fingerprint density at radius 1 is 1.26 bits per heavy atom. The van der Waals surface area contributed by atoms with E-state index in [1.165, 1.54) is 0 Å². The number of methoxy groups -OCH3 is 2. The third-order valence-electron chi connectivity index (χ3n) is 5.60. The van der Waals surface area contributed by atoms with Crippen molar-refractivity contribution in [1.82, 2.24) is 15.2 Å². The van der Waals surface area contributed by atoms with Crippen LogP contribution < -0.4 is 14.8 Å². The van der Waals surface area contributed by atoms with Gasteiger partial charge in [0, 0.05) is 25.0 Å². The predicted octanol–water partition coefficient (Wildman–Crippen LogP) is 3.57. The molecule has 0 saturated carbocycles. The van der Waals surface area contributed by atoms with Crippen LogP contribution >= 0.6 is 11.3 Å². The molecule has 3 rings (SSSR count). The Hall–Kier alpha value is -2.16. The summed E-state index contributed by atoms with van der Waals surface area (Å²) in [5.41, 5.74) is 2.11. The minimum absolute atomic E-state index is 0.0504. The van der Waals surface area contributed by atoms with Crippen molar-refractivity contribution in [2.75, 3.05) is 40.5 Å². The van der Waals surface area contributed by atoms with Crippen LogP contribution in [0.25, 0.3) is 0 Å². The van der Waals surface area contributed by atoms with Crippen molar-refractivity contribution in [2.24, 2.45) is 5.92 Å². The van der Waals surface area contributed by atoms with E-state index in [1.54, 1.807) is 25.6 Å². The number of aromatic nitrogens is 1. The monoisotopic (exact) mass is 447 g/mol. The molecule has 0 spiro atoms. The molecule has 1 amide bonds. The SMILES string of the molecule is COCCOc1ccc(C(C)NC(=O)C2CCN(Cc3csc(C)n3)CC2)cc1OC. The van der Waals surface area contributed by atoms with E-state index in [2.05, 4.69) is 20.6 Å². The highest BCUT2D eigenvalue weighted by atomic mass is 32.1. The Labute approximate surface area is 188 Å². The Morgan fingerprint density at radius 2 is 2.03 bits per heavy atom. The number of benzene rings is 1. The van der Waals surface area contributed by atoms with Gasteiger partial charge in [-0.25, -0.2) is 4.98 Å². The molecule has 1 aliphatic rings. The van der Waals surface area contributed by atoms with Gasteiger partial charge in [-0.2, -0.15) is 0 Å². The molecule has 170 valence electrons. The quantitative estimate of drug-likeness (QED) is 0.562. The fourth-order valence-corrected chi connectivity index (χ4v) is 4.39. The fourth-order valence-electron chi connectivity index (χ4n) is 3.79. The van der Waals surface area contributed by atoms with Crippen LogP contribution in [0.5, 0.6) is 11.5 Å². The van der Waals surface area contributed by atoms with Crippen molar-refractivity contribution < 1.29 is 19.0 Å². The first-order valence-corrected chi connectivity index (χ1v) is 11.6. The standard InChI is InChI=1S/C23H33N3O4S/c1-16(19-5-6-21(22(13-19)29-4)30-12-11-28-3)24-23(27)18-7-9-26(10-8-18)14-20-15-31-17(2)25-20/h5-6,13,15-16,18H,7-12,14H2,1-4H3,(H,24,27). The van der Waals surface area contributed by atoms with Crippen molar-refractivity contribution in [3.63, 3.8) is 0 Å². The Morgan fingerprint density at radius 3 is 2.68 bits per heavy atom. The number of hydrogen-bond acceptors (Lipinski definition) is 7. The molecule has 0 aliphatic carbocycles. The lowest BCUT2D eigenvalue weighted by Crippen LogP contribution is -2.40. The summed E-state index contributed by atoms with van der Waals surface area (Å²) in [4.78, 5) is 19.8. The number of ether oxygens (including phenoxy) is 3. The molecule has 1 aromatic carbocycles. The first-order chi connectivity index (χ1) is 15.0. The number of piperidine rings is 1. The van der Waals surface area contributed by atoms with Gasteiger partial charge in [0.05, 0.1) is 30.5 Å². The number of nitrogens with one attached hydrogen (secondary N) is 1. The van der Waals surface area contributed by atoms with Crippen LogP contribution in [-0.4, -0.2) is 56.3 Å². The number of amides is 1. The Balaban J connectivity index is 1.50. The average Bonchev–Trinajstić information content (AvgIpc) is 3.18. The first kappa shape index (κ1) is 23.5. The van der Waals surface area contributed by atoms with Gasteiger partial charge in [-0.1, -0.05) is 6.07 Å². The summed E-state index contributed by atoms with van der Waals surface area (Å²) in [7, 11) is 3.26. The van der Waals surface area contributed by atoms with E-state index >= 15 is 0 Å². The first-order valence-electron chi connectivity index (χ1n) is 10.7. The average molecular weight is 448 g/mol. The van der Waals surface area contributed by atoms with Crippen LogP contribution in [-0.2, 0) is 16.1 Å². The molecule has 31 heavy (non-hydrogen) atoms. The predicted molar refractivity (Wildman–Crippen MR) is 122 cm³/mol. The van der Waals surface area contributed by atoms with Crippen LogP contribution in [0.3, 0.4) is 0 Å². The van der Waals surface area contributed by atoms with Crippen molar-refractivity contribution in [2.45, 2.75) is 39.3 Å². The zero-order valence-electron chi connectivity index (χ0n) is 18.8. The molecule has 0 bridgehead atoms. The zero-order chi connectivity index (χ0) is 22.2. The van der Waals surface area contributed by atoms with Gasteiger partial charge in [0.15, 0.2) is 11.5 Å². The van der Waals surface area contributed by atoms with Gasteiger partial charge < -0.3 is 19.5 Å². The van der Waals surface area contributed by atoms with Crippen molar-refractivity contribution in [3.05, 3.63) is 39.8 Å². The van der Waals surface area contributed by atoms with E-state index in [9.17, 15) is 4.79 Å². The zero-order valence-corrected chi connectivity index (χ0v) is 19.7. The smallest absolute Gasteiger partial charge is 0.223 e. The molecular weight excluding hydrogens is 414 g/mol. The van der Waals surface area contributed by atoms with Gasteiger partial charge in [0.2, 0.25) is 5.91 Å². The molecule has 1 unspecified atom stereocenters. The number of aryl methyl sites for hydroxylation is 1. The van der Waals surface area contributed by atoms with Crippen molar-refractivity contribution in [3.8, 4) is 11.5 Å². The molecule has 2 aromatic rings. The molecule has 8 heteroatoms. The summed E-state index contributed by atoms with van der Waals surface area (Å²) < 4.78 is 16.2. The summed E-state index contributed by atoms with van der Waals surface area (Å²) >= 11 is 1.69. The van der Waals surface area contributed by atoms with Crippen molar-refractivity contribution in [1.29, 1.82) is 0 Å². The Bertz CT molecular complexity index is 849. The van der Waals surface area contributed by atoms with E-state index in [-0.39, 0.29) is 17.9 Å². The fraction of sp³-hybridized carbons (Fsp3) is 0.565. The number of rotatable bonds is 10. The third kappa shape index (κ3) is 6.66. The van der Waals surface area contributed by atoms with E-state index in [1.807, 2.05) is 32.0 Å². The molecule has 0 radical (unpaired) electrons. The number of thiazole rings is 1. The van der Waals surface area contributed by atoms with Crippen molar-refractivity contribution >= 4 is 17.2 Å². The number of carbonyl (C=O) groups is 1. The van der Waals surface area contributed by atoms with Crippen LogP contribution in [0.2, 0.25) is 0 Å². The second-order valence-corrected chi connectivity index (χ2v) is 8.95. The summed E-state index contributed by atoms with van der Waals surface area (Å²) in [5.74, 6) is 1.50. The number of carbonyl (C=O) groups excluding carboxylic acids is 1. The minimum Gasteiger partial charge on any atom is -0.493 e. The lowest BCUT2D eigenvalue weighted by molar-refractivity contribution is -0.127. The topological polar surface area (TPSA) is 72.9 Å². The number of likely N-dealkylation sites (tertiary alicyclic amines) is 1. The van der Waals surface area contributed by atoms with Crippen LogP contribution in [0.15, 0.2) is 23.6 Å². The van der Waals surface area contributed by atoms with Gasteiger partial charge in [0.25, 0.3) is 0 Å². The molecule has 1 atom stereocenters. The van der Waals surface area contributed by atoms with Gasteiger partial charge in [-0.15, -0.1) is 11.3 Å². The molecule has 1 aromatic heterocycles. The van der Waals surface area contributed by atoms with Gasteiger partial charge in [0.1, 0.15) is 6.61 Å². The maximum absolute atomic E-state index is 12.8. The molecule has 2 heterocycles. The lowest BCUT2D eigenvalue weighted by atomic mass is 9.95. The van der Waals surface area contributed by atoms with Crippen LogP contribution in [0.4, 0.5) is 0 Å². The van der Waals surface area contributed by atoms with Gasteiger partial charge >= 0.3 is 0 Å².